The molecule has 5 heteroatoms. The number of carbonyl (C=O) groups is 1. The molecule has 1 fully saturated rings. The van der Waals surface area contributed by atoms with Gasteiger partial charge in [0.15, 0.2) is 0 Å². The van der Waals surface area contributed by atoms with Crippen LogP contribution in [0.2, 0.25) is 0 Å². The molecule has 0 radical (unpaired) electrons. The maximum atomic E-state index is 12.6. The number of nitrogens with two attached hydrogens (primary N) is 1. The largest absolute Gasteiger partial charge is 0.399 e. The van der Waals surface area contributed by atoms with Crippen molar-refractivity contribution in [2.24, 2.45) is 0 Å². The van der Waals surface area contributed by atoms with E-state index in [1.54, 1.807) is 0 Å². The van der Waals surface area contributed by atoms with Crippen LogP contribution in [0.1, 0.15) is 23.8 Å². The first kappa shape index (κ1) is 13.4. The number of hydrogen-bond donors (Lipinski definition) is 2. The molecule has 1 aliphatic rings. The first-order valence-corrected chi connectivity index (χ1v) is 8.01. The van der Waals surface area contributed by atoms with Gasteiger partial charge in [-0.3, -0.25) is 4.79 Å². The van der Waals surface area contributed by atoms with Crippen LogP contribution in [0.5, 0.6) is 0 Å². The van der Waals surface area contributed by atoms with Crippen LogP contribution in [-0.2, 0) is 0 Å². The molecule has 1 unspecified atom stereocenters. The lowest BCUT2D eigenvalue weighted by molar-refractivity contribution is 0.0756. The number of anilines is 1. The van der Waals surface area contributed by atoms with Crippen molar-refractivity contribution < 1.29 is 4.79 Å². The van der Waals surface area contributed by atoms with Crippen LogP contribution in [0.25, 0.3) is 10.9 Å². The summed E-state index contributed by atoms with van der Waals surface area (Å²) in [6.07, 6.45) is 1.11. The molecule has 1 aromatic heterocycles. The van der Waals surface area contributed by atoms with E-state index in [0.29, 0.717) is 10.9 Å². The SMILES string of the molecule is CCC1CN(C(=O)c2cc3cc(N)ccc3[nH]2)CCS1. The fourth-order valence-corrected chi connectivity index (χ4v) is 3.77. The Bertz CT molecular complexity index is 637. The van der Waals surface area contributed by atoms with E-state index in [-0.39, 0.29) is 5.91 Å². The van der Waals surface area contributed by atoms with Crippen molar-refractivity contribution in [3.8, 4) is 0 Å². The zero-order valence-corrected chi connectivity index (χ0v) is 12.4. The molecule has 0 aliphatic carbocycles. The van der Waals surface area contributed by atoms with Gasteiger partial charge in [0.1, 0.15) is 5.69 Å². The molecule has 1 amide bonds. The van der Waals surface area contributed by atoms with Crippen molar-refractivity contribution >= 4 is 34.3 Å². The average molecular weight is 289 g/mol. The summed E-state index contributed by atoms with van der Waals surface area (Å²) in [5.74, 6) is 1.12. The lowest BCUT2D eigenvalue weighted by Gasteiger charge is -2.31. The number of carbonyl (C=O) groups excluding carboxylic acids is 1. The predicted octanol–water partition coefficient (Wildman–Crippen LogP) is 2.72. The van der Waals surface area contributed by atoms with Gasteiger partial charge in [-0.1, -0.05) is 6.92 Å². The highest BCUT2D eigenvalue weighted by atomic mass is 32.2. The summed E-state index contributed by atoms with van der Waals surface area (Å²) in [6, 6.07) is 7.56. The summed E-state index contributed by atoms with van der Waals surface area (Å²) in [4.78, 5) is 17.7. The number of amides is 1. The number of benzene rings is 1. The van der Waals surface area contributed by atoms with E-state index in [2.05, 4.69) is 11.9 Å². The first-order valence-electron chi connectivity index (χ1n) is 6.96. The molecular formula is C15H19N3OS. The Morgan fingerprint density at radius 1 is 1.50 bits per heavy atom. The van der Waals surface area contributed by atoms with Crippen molar-refractivity contribution in [3.05, 3.63) is 30.0 Å². The van der Waals surface area contributed by atoms with Gasteiger partial charge in [-0.05, 0) is 30.7 Å². The molecular weight excluding hydrogens is 270 g/mol. The Labute approximate surface area is 122 Å². The van der Waals surface area contributed by atoms with Crippen LogP contribution in [0.4, 0.5) is 5.69 Å². The number of fused-ring (bicyclic) bond motifs is 1. The third-order valence-electron chi connectivity index (χ3n) is 3.76. The summed E-state index contributed by atoms with van der Waals surface area (Å²) in [6.45, 7) is 3.85. The van der Waals surface area contributed by atoms with Gasteiger partial charge in [0.25, 0.3) is 5.91 Å². The minimum absolute atomic E-state index is 0.0959. The van der Waals surface area contributed by atoms with E-state index < -0.39 is 0 Å². The Kier molecular flexibility index (Phi) is 3.61. The molecule has 106 valence electrons. The van der Waals surface area contributed by atoms with Crippen LogP contribution in [-0.4, -0.2) is 39.9 Å². The molecule has 0 bridgehead atoms. The highest BCUT2D eigenvalue weighted by Gasteiger charge is 2.24. The molecule has 20 heavy (non-hydrogen) atoms. The number of nitrogens with zero attached hydrogens (tertiary/aromatic N) is 1. The third-order valence-corrected chi connectivity index (χ3v) is 5.13. The van der Waals surface area contributed by atoms with Gasteiger partial charge in [0.05, 0.1) is 0 Å². The summed E-state index contributed by atoms with van der Waals surface area (Å²) in [5.41, 5.74) is 8.11. The molecule has 3 rings (SSSR count). The Morgan fingerprint density at radius 3 is 3.15 bits per heavy atom. The van der Waals surface area contributed by atoms with Crippen molar-refractivity contribution in [1.29, 1.82) is 0 Å². The maximum Gasteiger partial charge on any atom is 0.270 e. The van der Waals surface area contributed by atoms with E-state index in [1.807, 2.05) is 40.9 Å². The number of nitrogens with one attached hydrogen (secondary N) is 1. The quantitative estimate of drug-likeness (QED) is 0.836. The van der Waals surface area contributed by atoms with Crippen molar-refractivity contribution in [2.75, 3.05) is 24.6 Å². The molecule has 1 saturated heterocycles. The van der Waals surface area contributed by atoms with Crippen LogP contribution in [0.3, 0.4) is 0 Å². The van der Waals surface area contributed by atoms with Gasteiger partial charge in [-0.15, -0.1) is 0 Å². The van der Waals surface area contributed by atoms with Gasteiger partial charge in [-0.2, -0.15) is 11.8 Å². The summed E-state index contributed by atoms with van der Waals surface area (Å²) < 4.78 is 0. The number of aromatic amines is 1. The molecule has 3 N–H and O–H groups in total. The minimum atomic E-state index is 0.0959. The van der Waals surface area contributed by atoms with E-state index >= 15 is 0 Å². The molecule has 1 atom stereocenters. The van der Waals surface area contributed by atoms with Gasteiger partial charge < -0.3 is 15.6 Å². The van der Waals surface area contributed by atoms with Gasteiger partial charge in [-0.25, -0.2) is 0 Å². The highest BCUT2D eigenvalue weighted by molar-refractivity contribution is 8.00. The van der Waals surface area contributed by atoms with Crippen LogP contribution in [0.15, 0.2) is 24.3 Å². The first-order chi connectivity index (χ1) is 9.67. The second-order valence-electron chi connectivity index (χ2n) is 5.18. The fraction of sp³-hybridized carbons (Fsp3) is 0.400. The number of rotatable bonds is 2. The second kappa shape index (κ2) is 5.40. The predicted molar refractivity (Wildman–Crippen MR) is 85.2 cm³/mol. The molecule has 2 heterocycles. The van der Waals surface area contributed by atoms with E-state index in [4.69, 9.17) is 5.73 Å². The fourth-order valence-electron chi connectivity index (χ4n) is 2.59. The lowest BCUT2D eigenvalue weighted by Crippen LogP contribution is -2.41. The van der Waals surface area contributed by atoms with Gasteiger partial charge >= 0.3 is 0 Å². The van der Waals surface area contributed by atoms with Crippen molar-refractivity contribution in [2.45, 2.75) is 18.6 Å². The van der Waals surface area contributed by atoms with Crippen molar-refractivity contribution in [3.63, 3.8) is 0 Å². The Hall–Kier alpha value is -1.62. The minimum Gasteiger partial charge on any atom is -0.399 e. The number of thioether (sulfide) groups is 1. The number of aromatic nitrogens is 1. The molecule has 1 aromatic carbocycles. The Balaban J connectivity index is 1.84. The molecule has 2 aromatic rings. The van der Waals surface area contributed by atoms with Crippen LogP contribution in [0, 0.1) is 0 Å². The highest BCUT2D eigenvalue weighted by Crippen LogP contribution is 2.24. The number of nitrogen functional groups attached to an aromatic ring is 1. The molecule has 0 spiro atoms. The molecule has 1 aliphatic heterocycles. The van der Waals surface area contributed by atoms with Crippen molar-refractivity contribution in [1.82, 2.24) is 9.88 Å². The summed E-state index contributed by atoms with van der Waals surface area (Å²) in [5, 5.41) is 1.56. The van der Waals surface area contributed by atoms with Gasteiger partial charge in [0.2, 0.25) is 0 Å². The standard InChI is InChI=1S/C15H19N3OS/c1-2-12-9-18(5-6-20-12)15(19)14-8-10-7-11(16)3-4-13(10)17-14/h3-4,7-8,12,17H,2,5-6,9,16H2,1H3. The third kappa shape index (κ3) is 2.50. The number of H-pyrrole nitrogens is 1. The normalized spacial score (nSPS) is 19.4. The van der Waals surface area contributed by atoms with E-state index in [0.717, 1.165) is 41.9 Å². The van der Waals surface area contributed by atoms with E-state index in [9.17, 15) is 4.79 Å². The number of hydrogen-bond acceptors (Lipinski definition) is 3. The average Bonchev–Trinajstić information content (AvgIpc) is 2.89. The van der Waals surface area contributed by atoms with E-state index in [1.165, 1.54) is 0 Å². The van der Waals surface area contributed by atoms with Crippen LogP contribution < -0.4 is 5.73 Å². The van der Waals surface area contributed by atoms with Gasteiger partial charge in [0, 0.05) is 40.7 Å². The zero-order valence-electron chi connectivity index (χ0n) is 11.6. The monoisotopic (exact) mass is 289 g/mol. The lowest BCUT2D eigenvalue weighted by atomic mass is 10.2. The summed E-state index contributed by atoms with van der Waals surface area (Å²) in [7, 11) is 0. The molecule has 4 nitrogen and oxygen atoms in total. The zero-order chi connectivity index (χ0) is 14.1. The maximum absolute atomic E-state index is 12.6. The second-order valence-corrected chi connectivity index (χ2v) is 6.59. The summed E-state index contributed by atoms with van der Waals surface area (Å²) >= 11 is 1.97. The van der Waals surface area contributed by atoms with Crippen LogP contribution >= 0.6 is 11.8 Å². The Morgan fingerprint density at radius 2 is 2.35 bits per heavy atom. The molecule has 0 saturated carbocycles. The smallest absolute Gasteiger partial charge is 0.270 e. The topological polar surface area (TPSA) is 62.1 Å².